The molecule has 2 atom stereocenters. The maximum absolute atomic E-state index is 14.1. The van der Waals surface area contributed by atoms with E-state index in [2.05, 4.69) is 11.7 Å². The fourth-order valence-electron chi connectivity index (χ4n) is 4.52. The molecule has 1 aliphatic heterocycles. The zero-order valence-corrected chi connectivity index (χ0v) is 15.1. The van der Waals surface area contributed by atoms with Crippen LogP contribution in [0.15, 0.2) is 0 Å². The molecule has 0 aromatic heterocycles. The third-order valence-corrected chi connectivity index (χ3v) is 6.09. The number of hydrogen-bond donors (Lipinski definition) is 0. The van der Waals surface area contributed by atoms with Gasteiger partial charge < -0.3 is 19.7 Å². The average molecular weight is 388 g/mol. The highest BCUT2D eigenvalue weighted by molar-refractivity contribution is 4.90. The van der Waals surface area contributed by atoms with E-state index < -0.39 is 37.3 Å². The molecule has 3 rings (SSSR count). The van der Waals surface area contributed by atoms with Gasteiger partial charge in [-0.25, -0.2) is 8.78 Å². The lowest BCUT2D eigenvalue weighted by molar-refractivity contribution is -0.256. The highest BCUT2D eigenvalue weighted by Gasteiger charge is 2.45. The molecule has 2 aliphatic carbocycles. The summed E-state index contributed by atoms with van der Waals surface area (Å²) >= 11 is 0. The van der Waals surface area contributed by atoms with Crippen LogP contribution in [0.5, 0.6) is 0 Å². The molecule has 0 bridgehead atoms. The number of rotatable bonds is 4. The third-order valence-electron chi connectivity index (χ3n) is 6.09. The van der Waals surface area contributed by atoms with Crippen LogP contribution in [0.1, 0.15) is 46.9 Å². The zero-order valence-electron chi connectivity index (χ0n) is 15.1. The first-order valence-electron chi connectivity index (χ1n) is 9.39. The maximum Gasteiger partial charge on any atom is 0.345 e. The predicted octanol–water partition coefficient (Wildman–Crippen LogP) is 3.92. The summed E-state index contributed by atoms with van der Waals surface area (Å²) in [4.78, 5) is 0. The van der Waals surface area contributed by atoms with Gasteiger partial charge in [0.25, 0.3) is 0 Å². The predicted molar refractivity (Wildman–Crippen MR) is 89.4 cm³/mol. The van der Waals surface area contributed by atoms with Gasteiger partial charge in [-0.15, -0.1) is 0 Å². The molecule has 0 spiro atoms. The largest absolute Gasteiger partial charge is 0.412 e. The Hall–Kier alpha value is -0.440. The Morgan fingerprint density at radius 3 is 1.92 bits per heavy atom. The quantitative estimate of drug-likeness (QED) is 0.686. The van der Waals surface area contributed by atoms with Gasteiger partial charge in [-0.3, -0.25) is 0 Å². The number of halogens is 4. The maximum atomic E-state index is 14.1. The van der Waals surface area contributed by atoms with Crippen LogP contribution in [0.4, 0.5) is 17.6 Å². The third kappa shape index (κ3) is 5.30. The normalized spacial score (nSPS) is 44.5. The Morgan fingerprint density at radius 2 is 1.42 bits per heavy atom. The van der Waals surface area contributed by atoms with Crippen LogP contribution in [0.25, 0.3) is 0 Å². The second-order valence-corrected chi connectivity index (χ2v) is 7.94. The van der Waals surface area contributed by atoms with Gasteiger partial charge in [0.1, 0.15) is 18.4 Å². The zero-order chi connectivity index (χ0) is 18.0. The highest BCUT2D eigenvalue weighted by Crippen LogP contribution is 2.39. The van der Waals surface area contributed by atoms with Crippen LogP contribution in [-0.4, -0.2) is 50.0 Å². The second-order valence-electron chi connectivity index (χ2n) is 7.94. The minimum atomic E-state index is -3.17. The summed E-state index contributed by atoms with van der Waals surface area (Å²) in [5, 5.41) is 0. The molecule has 4 nitrogen and oxygen atoms in total. The van der Waals surface area contributed by atoms with E-state index in [1.54, 1.807) is 0 Å². The molecule has 0 aromatic carbocycles. The molecule has 3 fully saturated rings. The molecule has 26 heavy (non-hydrogen) atoms. The van der Waals surface area contributed by atoms with E-state index in [9.17, 15) is 17.6 Å². The van der Waals surface area contributed by atoms with Crippen molar-refractivity contribution in [2.75, 3.05) is 13.2 Å². The Morgan fingerprint density at radius 1 is 0.885 bits per heavy atom. The molecule has 0 aromatic rings. The number of hydrogen-bond acceptors (Lipinski definition) is 3. The SMILES string of the molecule is CC1CCC(C2COC(C3CC(F)C(OC(F)F)C(F)C3)OC2)CC1.O.[HH]. The second kappa shape index (κ2) is 9.66. The summed E-state index contributed by atoms with van der Waals surface area (Å²) in [7, 11) is 0. The summed E-state index contributed by atoms with van der Waals surface area (Å²) in [6.07, 6.45) is -1.23. The fourth-order valence-corrected chi connectivity index (χ4v) is 4.52. The van der Waals surface area contributed by atoms with Crippen molar-refractivity contribution in [3.05, 3.63) is 0 Å². The minimum absolute atomic E-state index is 0. The molecule has 1 heterocycles. The average Bonchev–Trinajstić information content (AvgIpc) is 2.59. The van der Waals surface area contributed by atoms with Gasteiger partial charge in [-0.05, 0) is 37.5 Å². The molecule has 8 heteroatoms. The lowest BCUT2D eigenvalue weighted by Crippen LogP contribution is -2.48. The van der Waals surface area contributed by atoms with E-state index in [1.807, 2.05) is 0 Å². The van der Waals surface area contributed by atoms with Gasteiger partial charge in [-0.2, -0.15) is 8.78 Å². The summed E-state index contributed by atoms with van der Waals surface area (Å²) in [6, 6.07) is 0. The molecule has 0 amide bonds. The van der Waals surface area contributed by atoms with Crippen LogP contribution in [0.3, 0.4) is 0 Å². The van der Waals surface area contributed by atoms with Crippen molar-refractivity contribution in [1.29, 1.82) is 0 Å². The van der Waals surface area contributed by atoms with Crippen LogP contribution >= 0.6 is 0 Å². The molecule has 2 N–H and O–H groups in total. The Bertz CT molecular complexity index is 406. The first-order valence-corrected chi connectivity index (χ1v) is 9.39. The fraction of sp³-hybridized carbons (Fsp3) is 1.00. The number of alkyl halides is 4. The first-order chi connectivity index (χ1) is 11.9. The van der Waals surface area contributed by atoms with Crippen LogP contribution < -0.4 is 0 Å². The molecule has 1 saturated heterocycles. The van der Waals surface area contributed by atoms with Gasteiger partial charge in [-0.1, -0.05) is 19.8 Å². The highest BCUT2D eigenvalue weighted by atomic mass is 19.3. The topological polar surface area (TPSA) is 59.2 Å². The van der Waals surface area contributed by atoms with Crippen molar-refractivity contribution in [2.45, 2.75) is 76.8 Å². The summed E-state index contributed by atoms with van der Waals surface area (Å²) in [5.41, 5.74) is 0. The lowest BCUT2D eigenvalue weighted by Gasteiger charge is -2.42. The molecule has 156 valence electrons. The van der Waals surface area contributed by atoms with E-state index in [0.29, 0.717) is 25.0 Å². The van der Waals surface area contributed by atoms with Gasteiger partial charge >= 0.3 is 6.61 Å². The van der Waals surface area contributed by atoms with E-state index in [4.69, 9.17) is 9.47 Å². The Labute approximate surface area is 153 Å². The van der Waals surface area contributed by atoms with Crippen molar-refractivity contribution >= 4 is 0 Å². The van der Waals surface area contributed by atoms with Gasteiger partial charge in [0.05, 0.1) is 13.2 Å². The molecular weight excluding hydrogens is 356 g/mol. The molecule has 3 aliphatic rings. The standard InChI is InChI=1S/C18H28F4O3.H2O.H2/c1-10-2-4-11(5-3-10)13-8-23-17(24-9-13)12-6-14(19)16(15(20)7-12)25-18(21)22;;/h10-18H,2-9H2,1H3;1H2;1H. The van der Waals surface area contributed by atoms with Crippen LogP contribution in [0, 0.1) is 23.7 Å². The van der Waals surface area contributed by atoms with Crippen LogP contribution in [0.2, 0.25) is 0 Å². The van der Waals surface area contributed by atoms with Gasteiger partial charge in [0.2, 0.25) is 0 Å². The summed E-state index contributed by atoms with van der Waals surface area (Å²) < 4.78 is 68.3. The van der Waals surface area contributed by atoms with Crippen molar-refractivity contribution in [3.63, 3.8) is 0 Å². The number of ether oxygens (including phenoxy) is 3. The first kappa shape index (κ1) is 21.9. The van der Waals surface area contributed by atoms with Crippen molar-refractivity contribution in [2.24, 2.45) is 23.7 Å². The van der Waals surface area contributed by atoms with Gasteiger partial charge in [0.15, 0.2) is 6.29 Å². The summed E-state index contributed by atoms with van der Waals surface area (Å²) in [5.74, 6) is 1.25. The van der Waals surface area contributed by atoms with Crippen LogP contribution in [-0.2, 0) is 14.2 Å². The molecule has 2 unspecified atom stereocenters. The monoisotopic (exact) mass is 388 g/mol. The Balaban J connectivity index is 0.00000182. The summed E-state index contributed by atoms with van der Waals surface area (Å²) in [6.45, 7) is 0.199. The van der Waals surface area contributed by atoms with E-state index in [1.165, 1.54) is 25.7 Å². The van der Waals surface area contributed by atoms with Crippen molar-refractivity contribution in [1.82, 2.24) is 0 Å². The van der Waals surface area contributed by atoms with E-state index in [0.717, 1.165) is 5.92 Å². The van der Waals surface area contributed by atoms with E-state index in [-0.39, 0.29) is 19.7 Å². The molecular formula is C18H32F4O4. The minimum Gasteiger partial charge on any atom is -0.412 e. The van der Waals surface area contributed by atoms with E-state index >= 15 is 0 Å². The molecule has 2 saturated carbocycles. The Kier molecular flexibility index (Phi) is 8.12. The van der Waals surface area contributed by atoms with Crippen molar-refractivity contribution < 1.29 is 38.7 Å². The molecule has 0 radical (unpaired) electrons. The van der Waals surface area contributed by atoms with Crippen molar-refractivity contribution in [3.8, 4) is 0 Å². The lowest BCUT2D eigenvalue weighted by atomic mass is 9.76. The van der Waals surface area contributed by atoms with Gasteiger partial charge in [0, 0.05) is 13.3 Å². The smallest absolute Gasteiger partial charge is 0.345 e.